The molecule has 1 aromatic rings. The Morgan fingerprint density at radius 2 is 2.29 bits per heavy atom. The van der Waals surface area contributed by atoms with Crippen molar-refractivity contribution in [3.63, 3.8) is 0 Å². The van der Waals surface area contributed by atoms with Crippen LogP contribution < -0.4 is 0 Å². The summed E-state index contributed by atoms with van der Waals surface area (Å²) in [5.74, 6) is -0.867. The predicted molar refractivity (Wildman–Crippen MR) is 54.8 cm³/mol. The molecule has 0 aromatic heterocycles. The number of ether oxygens (including phenoxy) is 1. The zero-order valence-electron chi connectivity index (χ0n) is 7.31. The highest BCUT2D eigenvalue weighted by Gasteiger charge is 2.10. The second kappa shape index (κ2) is 4.75. The number of benzene rings is 1. The average Bonchev–Trinajstić information content (AvgIpc) is 2.14. The monoisotopic (exact) mass is 280 g/mol. The number of rotatable bonds is 2. The van der Waals surface area contributed by atoms with Crippen molar-refractivity contribution in [3.8, 4) is 0 Å². The van der Waals surface area contributed by atoms with E-state index in [-0.39, 0.29) is 15.9 Å². The van der Waals surface area contributed by atoms with E-state index >= 15 is 0 Å². The minimum Gasteiger partial charge on any atom is -0.469 e. The Kier molecular flexibility index (Phi) is 3.89. The van der Waals surface area contributed by atoms with Crippen LogP contribution in [0.25, 0.3) is 0 Å². The van der Waals surface area contributed by atoms with Gasteiger partial charge in [0.15, 0.2) is 0 Å². The summed E-state index contributed by atoms with van der Waals surface area (Å²) in [6.45, 7) is 0. The van der Waals surface area contributed by atoms with Gasteiger partial charge in [0.05, 0.1) is 18.0 Å². The van der Waals surface area contributed by atoms with Crippen LogP contribution in [0.15, 0.2) is 16.6 Å². The lowest BCUT2D eigenvalue weighted by molar-refractivity contribution is -0.139. The highest BCUT2D eigenvalue weighted by Crippen LogP contribution is 2.24. The van der Waals surface area contributed by atoms with Crippen molar-refractivity contribution >= 4 is 33.5 Å². The van der Waals surface area contributed by atoms with E-state index in [0.717, 1.165) is 6.07 Å². The number of carbonyl (C=O) groups is 1. The van der Waals surface area contributed by atoms with Crippen LogP contribution in [0.3, 0.4) is 0 Å². The van der Waals surface area contributed by atoms with Crippen LogP contribution in [0.5, 0.6) is 0 Å². The Labute approximate surface area is 94.1 Å². The SMILES string of the molecule is COC(=O)Cc1cc(Br)c(F)cc1Cl. The van der Waals surface area contributed by atoms with Gasteiger partial charge in [0.25, 0.3) is 0 Å². The number of hydrogen-bond donors (Lipinski definition) is 0. The summed E-state index contributed by atoms with van der Waals surface area (Å²) in [6, 6.07) is 2.62. The molecule has 0 aliphatic heterocycles. The molecule has 0 bridgehead atoms. The normalized spacial score (nSPS) is 10.0. The van der Waals surface area contributed by atoms with Crippen molar-refractivity contribution in [2.45, 2.75) is 6.42 Å². The first-order chi connectivity index (χ1) is 6.54. The molecule has 0 N–H and O–H groups in total. The molecule has 0 unspecified atom stereocenters. The minimum atomic E-state index is -0.455. The molecule has 0 saturated carbocycles. The van der Waals surface area contributed by atoms with Gasteiger partial charge in [0.2, 0.25) is 0 Å². The molecule has 0 heterocycles. The van der Waals surface area contributed by atoms with Gasteiger partial charge < -0.3 is 4.74 Å². The number of esters is 1. The maximum atomic E-state index is 12.9. The summed E-state index contributed by atoms with van der Waals surface area (Å²) in [6.07, 6.45) is 0.0359. The summed E-state index contributed by atoms with van der Waals surface area (Å²) >= 11 is 8.74. The van der Waals surface area contributed by atoms with Crippen LogP contribution in [0.4, 0.5) is 4.39 Å². The Balaban J connectivity index is 2.98. The first kappa shape index (κ1) is 11.5. The van der Waals surface area contributed by atoms with Crippen molar-refractivity contribution in [1.82, 2.24) is 0 Å². The van der Waals surface area contributed by atoms with Crippen molar-refractivity contribution in [2.75, 3.05) is 7.11 Å². The van der Waals surface area contributed by atoms with Gasteiger partial charge in [-0.05, 0) is 33.6 Å². The third kappa shape index (κ3) is 2.69. The molecule has 0 spiro atoms. The Bertz CT molecular complexity index is 368. The van der Waals surface area contributed by atoms with E-state index in [1.807, 2.05) is 0 Å². The van der Waals surface area contributed by atoms with Gasteiger partial charge in [-0.2, -0.15) is 0 Å². The molecule has 1 aromatic carbocycles. The van der Waals surface area contributed by atoms with Gasteiger partial charge in [-0.15, -0.1) is 0 Å². The fraction of sp³-hybridized carbons (Fsp3) is 0.222. The van der Waals surface area contributed by atoms with Crippen molar-refractivity contribution in [2.24, 2.45) is 0 Å². The quantitative estimate of drug-likeness (QED) is 0.615. The van der Waals surface area contributed by atoms with E-state index in [1.54, 1.807) is 0 Å². The molecular weight excluding hydrogens is 274 g/mol. The van der Waals surface area contributed by atoms with E-state index in [2.05, 4.69) is 20.7 Å². The van der Waals surface area contributed by atoms with E-state index < -0.39 is 11.8 Å². The number of hydrogen-bond acceptors (Lipinski definition) is 2. The van der Waals surface area contributed by atoms with E-state index in [9.17, 15) is 9.18 Å². The molecule has 2 nitrogen and oxygen atoms in total. The molecule has 0 radical (unpaired) electrons. The maximum Gasteiger partial charge on any atom is 0.310 e. The van der Waals surface area contributed by atoms with Gasteiger partial charge in [0, 0.05) is 5.02 Å². The fourth-order valence-electron chi connectivity index (χ4n) is 0.927. The van der Waals surface area contributed by atoms with Gasteiger partial charge >= 0.3 is 5.97 Å². The van der Waals surface area contributed by atoms with Gasteiger partial charge in [-0.1, -0.05) is 11.6 Å². The first-order valence-corrected chi connectivity index (χ1v) is 4.92. The molecule has 0 saturated heterocycles. The molecule has 1 rings (SSSR count). The molecule has 0 fully saturated rings. The summed E-state index contributed by atoms with van der Waals surface area (Å²) < 4.78 is 17.7. The van der Waals surface area contributed by atoms with Crippen LogP contribution >= 0.6 is 27.5 Å². The van der Waals surface area contributed by atoms with Crippen LogP contribution in [-0.4, -0.2) is 13.1 Å². The molecule has 76 valence electrons. The maximum absolute atomic E-state index is 12.9. The smallest absolute Gasteiger partial charge is 0.310 e. The number of methoxy groups -OCH3 is 1. The molecule has 5 heteroatoms. The standard InChI is InChI=1S/C9H7BrClFO2/c1-14-9(13)3-5-2-6(10)8(12)4-7(5)11/h2,4H,3H2,1H3. The second-order valence-electron chi connectivity index (χ2n) is 2.61. The lowest BCUT2D eigenvalue weighted by Crippen LogP contribution is -2.05. The summed E-state index contributed by atoms with van der Waals surface area (Å²) in [4.78, 5) is 10.9. The Hall–Kier alpha value is -0.610. The molecule has 0 atom stereocenters. The van der Waals surface area contributed by atoms with Gasteiger partial charge in [-0.25, -0.2) is 4.39 Å². The summed E-state index contributed by atoms with van der Waals surface area (Å²) in [7, 11) is 1.29. The lowest BCUT2D eigenvalue weighted by atomic mass is 10.1. The zero-order chi connectivity index (χ0) is 10.7. The van der Waals surface area contributed by atoms with Crippen LogP contribution in [0.2, 0.25) is 5.02 Å². The highest BCUT2D eigenvalue weighted by molar-refractivity contribution is 9.10. The number of carbonyl (C=O) groups excluding carboxylic acids is 1. The molecule has 0 aliphatic rings. The summed E-state index contributed by atoms with van der Waals surface area (Å²) in [5.41, 5.74) is 0.534. The largest absolute Gasteiger partial charge is 0.469 e. The summed E-state index contributed by atoms with van der Waals surface area (Å²) in [5, 5.41) is 0.219. The Morgan fingerprint density at radius 3 is 2.86 bits per heavy atom. The van der Waals surface area contributed by atoms with E-state index in [1.165, 1.54) is 13.2 Å². The predicted octanol–water partition coefficient (Wildman–Crippen LogP) is 2.96. The average molecular weight is 282 g/mol. The third-order valence-electron chi connectivity index (χ3n) is 1.65. The van der Waals surface area contributed by atoms with Gasteiger partial charge in [0.1, 0.15) is 5.82 Å². The topological polar surface area (TPSA) is 26.3 Å². The zero-order valence-corrected chi connectivity index (χ0v) is 9.65. The van der Waals surface area contributed by atoms with Crippen molar-refractivity contribution < 1.29 is 13.9 Å². The molecular formula is C9H7BrClFO2. The van der Waals surface area contributed by atoms with Crippen molar-refractivity contribution in [1.29, 1.82) is 0 Å². The van der Waals surface area contributed by atoms with Crippen LogP contribution in [-0.2, 0) is 16.0 Å². The first-order valence-electron chi connectivity index (χ1n) is 3.75. The fourth-order valence-corrected chi connectivity index (χ4v) is 1.53. The third-order valence-corrected chi connectivity index (χ3v) is 2.61. The minimum absolute atomic E-state index is 0.0359. The van der Waals surface area contributed by atoms with Gasteiger partial charge in [-0.3, -0.25) is 4.79 Å². The number of halogens is 3. The van der Waals surface area contributed by atoms with Crippen LogP contribution in [0, 0.1) is 5.82 Å². The van der Waals surface area contributed by atoms with Crippen LogP contribution in [0.1, 0.15) is 5.56 Å². The lowest BCUT2D eigenvalue weighted by Gasteiger charge is -2.04. The highest BCUT2D eigenvalue weighted by atomic mass is 79.9. The van der Waals surface area contributed by atoms with E-state index in [4.69, 9.17) is 11.6 Å². The Morgan fingerprint density at radius 1 is 1.64 bits per heavy atom. The molecule has 14 heavy (non-hydrogen) atoms. The second-order valence-corrected chi connectivity index (χ2v) is 3.87. The van der Waals surface area contributed by atoms with E-state index in [0.29, 0.717) is 5.56 Å². The molecule has 0 amide bonds. The molecule has 0 aliphatic carbocycles. The van der Waals surface area contributed by atoms with Crippen molar-refractivity contribution in [3.05, 3.63) is 33.0 Å².